The molecule has 2 atom stereocenters. The van der Waals surface area contributed by atoms with Gasteiger partial charge in [0, 0.05) is 74.1 Å². The maximum absolute atomic E-state index is 16.3. The first-order valence-electron chi connectivity index (χ1n) is 20.1. The Labute approximate surface area is 355 Å². The molecule has 0 aliphatic carbocycles. The summed E-state index contributed by atoms with van der Waals surface area (Å²) < 4.78 is 41.2. The van der Waals surface area contributed by atoms with E-state index in [1.54, 1.807) is 43.3 Å². The van der Waals surface area contributed by atoms with Crippen molar-refractivity contribution in [3.05, 3.63) is 76.2 Å². The number of benzene rings is 2. The minimum atomic E-state index is -4.10. The number of hydrogen-bond donors (Lipinski definition) is 3. The summed E-state index contributed by atoms with van der Waals surface area (Å²) in [5.74, 6) is -2.90. The molecule has 2 unspecified atom stereocenters. The number of fused-ring (bicyclic) bond motifs is 1. The van der Waals surface area contributed by atoms with Crippen molar-refractivity contribution in [3.63, 3.8) is 0 Å². The highest BCUT2D eigenvalue weighted by Crippen LogP contribution is 2.45. The second-order valence-electron chi connectivity index (χ2n) is 16.1. The summed E-state index contributed by atoms with van der Waals surface area (Å²) in [7, 11) is -4.10. The van der Waals surface area contributed by atoms with Gasteiger partial charge >= 0.3 is 0 Å². The number of piperidine rings is 2. The zero-order valence-corrected chi connectivity index (χ0v) is 35.2. The zero-order chi connectivity index (χ0) is 43.4. The van der Waals surface area contributed by atoms with Crippen molar-refractivity contribution in [1.29, 1.82) is 0 Å². The highest BCUT2D eigenvalue weighted by molar-refractivity contribution is 7.89. The van der Waals surface area contributed by atoms with Crippen LogP contribution < -0.4 is 21.1 Å². The van der Waals surface area contributed by atoms with Crippen molar-refractivity contribution in [2.45, 2.75) is 62.7 Å². The van der Waals surface area contributed by atoms with Crippen molar-refractivity contribution >= 4 is 62.5 Å². The predicted octanol–water partition coefficient (Wildman–Crippen LogP) is 2.83. The zero-order valence-electron chi connectivity index (χ0n) is 33.6. The summed E-state index contributed by atoms with van der Waals surface area (Å²) in [6.45, 7) is 7.25. The Hall–Kier alpha value is -5.70. The summed E-state index contributed by atoms with van der Waals surface area (Å²) in [5.41, 5.74) is 7.49. The molecular formula is C41H45FN10O7S2. The number of piperazine rings is 1. The number of primary sulfonamides is 1. The number of halogens is 1. The molecule has 0 saturated carbocycles. The molecule has 4 aliphatic rings. The third-order valence-electron chi connectivity index (χ3n) is 12.2. The molecule has 61 heavy (non-hydrogen) atoms. The average molecular weight is 873 g/mol. The largest absolute Gasteiger partial charge is 0.369 e. The summed E-state index contributed by atoms with van der Waals surface area (Å²) in [6, 6.07) is 10.2. The van der Waals surface area contributed by atoms with Gasteiger partial charge in [0.25, 0.3) is 11.8 Å². The lowest BCUT2D eigenvalue weighted by Gasteiger charge is -2.40. The van der Waals surface area contributed by atoms with Crippen LogP contribution >= 0.6 is 11.3 Å². The number of amides is 5. The van der Waals surface area contributed by atoms with Crippen LogP contribution in [-0.4, -0.2) is 119 Å². The first-order valence-corrected chi connectivity index (χ1v) is 22.5. The highest BCUT2D eigenvalue weighted by atomic mass is 32.2. The SMILES string of the molecule is CCC(c1cccc(-c2nc(C3(C)CCN(C(=O)CN4CCN(c5ccc6c(c5)C(=O)N(C5CCC(=O)NC5=O)C6=O)CC4)CC3)sc2-c2ccnc(N)n2)c1F)S(N)(=O)=O. The molecule has 2 aromatic carbocycles. The van der Waals surface area contributed by atoms with Crippen molar-refractivity contribution < 1.29 is 36.8 Å². The second-order valence-corrected chi connectivity index (χ2v) is 18.8. The van der Waals surface area contributed by atoms with E-state index >= 15 is 4.39 Å². The van der Waals surface area contributed by atoms with Gasteiger partial charge in [-0.05, 0) is 56.0 Å². The second kappa shape index (κ2) is 16.3. The number of sulfonamides is 1. The lowest BCUT2D eigenvalue weighted by atomic mass is 9.81. The van der Waals surface area contributed by atoms with E-state index in [0.717, 1.165) is 15.6 Å². The number of nitrogens with one attached hydrogen (secondary N) is 1. The molecule has 0 spiro atoms. The molecule has 2 aromatic heterocycles. The van der Waals surface area contributed by atoms with Gasteiger partial charge < -0.3 is 15.5 Å². The number of thiazole rings is 1. The summed E-state index contributed by atoms with van der Waals surface area (Å²) in [4.78, 5) is 85.2. The Morgan fingerprint density at radius 3 is 2.38 bits per heavy atom. The minimum absolute atomic E-state index is 0.00174. The molecular weight excluding hydrogens is 828 g/mol. The van der Waals surface area contributed by atoms with E-state index in [1.165, 1.54) is 23.6 Å². The maximum Gasteiger partial charge on any atom is 0.262 e. The number of rotatable bonds is 10. The van der Waals surface area contributed by atoms with Gasteiger partial charge in [0.15, 0.2) is 0 Å². The first-order chi connectivity index (χ1) is 29.1. The van der Waals surface area contributed by atoms with Crippen LogP contribution in [0.1, 0.15) is 82.5 Å². The molecule has 20 heteroatoms. The third kappa shape index (κ3) is 7.99. The Bertz CT molecular complexity index is 2570. The maximum atomic E-state index is 16.3. The molecule has 8 rings (SSSR count). The van der Waals surface area contributed by atoms with E-state index in [-0.39, 0.29) is 59.9 Å². The van der Waals surface area contributed by atoms with Gasteiger partial charge in [0.1, 0.15) is 17.1 Å². The first kappa shape index (κ1) is 42.0. The fraction of sp³-hybridized carbons (Fsp3) is 0.415. The lowest BCUT2D eigenvalue weighted by molar-refractivity contribution is -0.136. The van der Waals surface area contributed by atoms with Crippen LogP contribution in [0.3, 0.4) is 0 Å². The van der Waals surface area contributed by atoms with E-state index in [4.69, 9.17) is 15.9 Å². The number of carbonyl (C=O) groups is 5. The van der Waals surface area contributed by atoms with Gasteiger partial charge in [0.05, 0.1) is 38.9 Å². The quantitative estimate of drug-likeness (QED) is 0.195. The van der Waals surface area contributed by atoms with Crippen LogP contribution in [0, 0.1) is 5.82 Å². The minimum Gasteiger partial charge on any atom is -0.369 e. The Morgan fingerprint density at radius 2 is 1.70 bits per heavy atom. The molecule has 5 N–H and O–H groups in total. The normalized spacial score (nSPS) is 20.2. The van der Waals surface area contributed by atoms with Crippen LogP contribution in [-0.2, 0) is 29.8 Å². The van der Waals surface area contributed by atoms with Gasteiger partial charge in [-0.1, -0.05) is 26.0 Å². The molecule has 0 radical (unpaired) electrons. The van der Waals surface area contributed by atoms with Gasteiger partial charge in [-0.2, -0.15) is 0 Å². The molecule has 3 fully saturated rings. The molecule has 0 bridgehead atoms. The lowest BCUT2D eigenvalue weighted by Crippen LogP contribution is -2.54. The monoisotopic (exact) mass is 872 g/mol. The van der Waals surface area contributed by atoms with Gasteiger partial charge in [-0.25, -0.2) is 32.9 Å². The predicted molar refractivity (Wildman–Crippen MR) is 224 cm³/mol. The van der Waals surface area contributed by atoms with E-state index in [2.05, 4.69) is 32.0 Å². The number of carbonyl (C=O) groups excluding carboxylic acids is 5. The average Bonchev–Trinajstić information content (AvgIpc) is 3.78. The number of hydrogen-bond acceptors (Lipinski definition) is 14. The van der Waals surface area contributed by atoms with E-state index in [9.17, 15) is 32.4 Å². The molecule has 17 nitrogen and oxygen atoms in total. The van der Waals surface area contributed by atoms with Crippen molar-refractivity contribution in [2.24, 2.45) is 5.14 Å². The smallest absolute Gasteiger partial charge is 0.262 e. The highest BCUT2D eigenvalue weighted by Gasteiger charge is 2.45. The van der Waals surface area contributed by atoms with Crippen molar-refractivity contribution in [2.75, 3.05) is 56.4 Å². The van der Waals surface area contributed by atoms with Crippen molar-refractivity contribution in [1.82, 2.24) is 35.0 Å². The number of nitrogens with two attached hydrogens (primary N) is 2. The van der Waals surface area contributed by atoms with Gasteiger partial charge in [0.2, 0.25) is 33.7 Å². The van der Waals surface area contributed by atoms with Crippen LogP contribution in [0.5, 0.6) is 0 Å². The van der Waals surface area contributed by atoms with Crippen LogP contribution in [0.2, 0.25) is 0 Å². The fourth-order valence-corrected chi connectivity index (χ4v) is 10.9. The van der Waals surface area contributed by atoms with Gasteiger partial charge in [-0.3, -0.25) is 39.1 Å². The van der Waals surface area contributed by atoms with Crippen LogP contribution in [0.25, 0.3) is 21.8 Å². The molecule has 5 amide bonds. The van der Waals surface area contributed by atoms with Gasteiger partial charge in [-0.15, -0.1) is 11.3 Å². The fourth-order valence-electron chi connectivity index (χ4n) is 8.62. The van der Waals surface area contributed by atoms with E-state index in [1.807, 2.05) is 4.90 Å². The number of nitrogens with zero attached hydrogens (tertiary/aromatic N) is 7. The number of anilines is 2. The van der Waals surface area contributed by atoms with E-state index < -0.39 is 56.2 Å². The standard InChI is InChI=1S/C41H45FN10O7S2/c1-3-30(61(44,58)59)25-5-4-6-26(33(25)42)34-35(28-11-14-45-40(43)46-28)60-39(48-34)41(2)12-15-51(16-13-41)32(54)22-49-17-19-50(20-18-49)23-7-8-24-27(21-23)38(57)52(37(24)56)29-9-10-31(53)47-36(29)55/h4-8,11,14,21,29-30H,3,9-10,12-13,15-20,22H2,1-2H3,(H2,43,45,46)(H2,44,58,59)(H,47,53,55). The summed E-state index contributed by atoms with van der Waals surface area (Å²) >= 11 is 1.36. The third-order valence-corrected chi connectivity index (χ3v) is 15.0. The van der Waals surface area contributed by atoms with Crippen LogP contribution in [0.4, 0.5) is 16.0 Å². The summed E-state index contributed by atoms with van der Waals surface area (Å²) in [6.07, 6.45) is 2.91. The van der Waals surface area contributed by atoms with E-state index in [0.29, 0.717) is 68.4 Å². The Morgan fingerprint density at radius 1 is 0.984 bits per heavy atom. The Kier molecular flexibility index (Phi) is 11.2. The summed E-state index contributed by atoms with van der Waals surface area (Å²) in [5, 5.41) is 7.19. The molecule has 4 aliphatic heterocycles. The molecule has 4 aromatic rings. The molecule has 6 heterocycles. The number of imide groups is 2. The molecule has 3 saturated heterocycles. The number of likely N-dealkylation sites (tertiary alicyclic amines) is 1. The Balaban J connectivity index is 0.917. The number of nitrogen functional groups attached to an aromatic ring is 1. The van der Waals surface area contributed by atoms with Crippen molar-refractivity contribution in [3.8, 4) is 21.8 Å². The molecule has 320 valence electrons. The topological polar surface area (TPSA) is 235 Å². The van der Waals surface area contributed by atoms with Crippen LogP contribution in [0.15, 0.2) is 48.7 Å². The number of aromatic nitrogens is 3.